The van der Waals surface area contributed by atoms with Gasteiger partial charge in [-0.1, -0.05) is 11.8 Å². The van der Waals surface area contributed by atoms with E-state index in [1.165, 1.54) is 12.1 Å². The molecule has 0 saturated heterocycles. The maximum atomic E-state index is 13.4. The molecule has 0 atom stereocenters. The second kappa shape index (κ2) is 11.2. The van der Waals surface area contributed by atoms with Crippen molar-refractivity contribution in [1.82, 2.24) is 0 Å². The molecule has 0 bridgehead atoms. The van der Waals surface area contributed by atoms with Gasteiger partial charge < -0.3 is 19.9 Å². The van der Waals surface area contributed by atoms with Gasteiger partial charge >= 0.3 is 0 Å². The lowest BCUT2D eigenvalue weighted by Gasteiger charge is -2.06. The largest absolute Gasteiger partial charge is 0.385 e. The maximum absolute atomic E-state index is 13.4. The van der Waals surface area contributed by atoms with Crippen LogP contribution >= 0.6 is 0 Å². The Labute approximate surface area is 125 Å². The zero-order valence-corrected chi connectivity index (χ0v) is 12.4. The number of ether oxygens (including phenoxy) is 3. The number of nitrogens with two attached hydrogens (primary N) is 1. The second-order valence-electron chi connectivity index (χ2n) is 4.37. The van der Waals surface area contributed by atoms with Crippen molar-refractivity contribution in [2.45, 2.75) is 13.0 Å². The molecule has 116 valence electrons. The van der Waals surface area contributed by atoms with Gasteiger partial charge in [0.15, 0.2) is 0 Å². The minimum Gasteiger partial charge on any atom is -0.385 e. The van der Waals surface area contributed by atoms with Crippen LogP contribution in [0.25, 0.3) is 0 Å². The van der Waals surface area contributed by atoms with Gasteiger partial charge in [-0.15, -0.1) is 0 Å². The summed E-state index contributed by atoms with van der Waals surface area (Å²) in [4.78, 5) is 0. The predicted molar refractivity (Wildman–Crippen MR) is 79.3 cm³/mol. The molecule has 0 aliphatic heterocycles. The smallest absolute Gasteiger partial charge is 0.124 e. The lowest BCUT2D eigenvalue weighted by molar-refractivity contribution is 0.0336. The van der Waals surface area contributed by atoms with Gasteiger partial charge in [0.1, 0.15) is 5.82 Å². The summed E-state index contributed by atoms with van der Waals surface area (Å²) >= 11 is 0. The monoisotopic (exact) mass is 295 g/mol. The normalized spacial score (nSPS) is 10.2. The molecule has 1 rings (SSSR count). The van der Waals surface area contributed by atoms with E-state index in [1.807, 2.05) is 0 Å². The Morgan fingerprint density at radius 2 is 1.90 bits per heavy atom. The van der Waals surface area contributed by atoms with Crippen LogP contribution in [-0.2, 0) is 20.8 Å². The minimum atomic E-state index is -0.326. The topological polar surface area (TPSA) is 53.7 Å². The third kappa shape index (κ3) is 8.43. The molecule has 0 radical (unpaired) electrons. The third-order valence-electron chi connectivity index (χ3n) is 2.57. The quantitative estimate of drug-likeness (QED) is 0.556. The highest BCUT2D eigenvalue weighted by Crippen LogP contribution is 2.09. The van der Waals surface area contributed by atoms with E-state index in [-0.39, 0.29) is 12.4 Å². The SMILES string of the molecule is COCCCOCCOCc1cc(F)cc(C#CCN)c1. The van der Waals surface area contributed by atoms with Crippen LogP contribution in [0.5, 0.6) is 0 Å². The number of methoxy groups -OCH3 is 1. The number of halogens is 1. The molecule has 21 heavy (non-hydrogen) atoms. The Balaban J connectivity index is 2.27. The fourth-order valence-electron chi connectivity index (χ4n) is 1.67. The summed E-state index contributed by atoms with van der Waals surface area (Å²) in [6.07, 6.45) is 0.865. The first-order valence-corrected chi connectivity index (χ1v) is 6.89. The lowest BCUT2D eigenvalue weighted by Crippen LogP contribution is -2.06. The molecule has 0 aliphatic rings. The van der Waals surface area contributed by atoms with Gasteiger partial charge in [-0.3, -0.25) is 0 Å². The van der Waals surface area contributed by atoms with Crippen molar-refractivity contribution in [3.05, 3.63) is 35.1 Å². The van der Waals surface area contributed by atoms with Crippen molar-refractivity contribution in [2.24, 2.45) is 5.73 Å². The van der Waals surface area contributed by atoms with E-state index < -0.39 is 0 Å². The first kappa shape index (κ1) is 17.6. The van der Waals surface area contributed by atoms with Crippen molar-refractivity contribution in [3.63, 3.8) is 0 Å². The van der Waals surface area contributed by atoms with Crippen LogP contribution in [0.1, 0.15) is 17.5 Å². The molecule has 0 amide bonds. The standard InChI is InChI=1S/C16H22FNO3/c1-19-6-3-7-20-8-9-21-13-15-10-14(4-2-5-18)11-16(17)12-15/h10-12H,3,5-9,13,18H2,1H3. The van der Waals surface area contributed by atoms with Crippen molar-refractivity contribution in [2.75, 3.05) is 40.1 Å². The predicted octanol–water partition coefficient (Wildman–Crippen LogP) is 1.71. The Morgan fingerprint density at radius 3 is 2.67 bits per heavy atom. The molecule has 4 nitrogen and oxygen atoms in total. The zero-order valence-electron chi connectivity index (χ0n) is 12.4. The van der Waals surface area contributed by atoms with E-state index in [0.717, 1.165) is 12.0 Å². The first-order valence-electron chi connectivity index (χ1n) is 6.89. The van der Waals surface area contributed by atoms with Crippen LogP contribution in [-0.4, -0.2) is 40.1 Å². The van der Waals surface area contributed by atoms with Crippen LogP contribution in [0.3, 0.4) is 0 Å². The minimum absolute atomic E-state index is 0.253. The van der Waals surface area contributed by atoms with Crippen molar-refractivity contribution < 1.29 is 18.6 Å². The average molecular weight is 295 g/mol. The second-order valence-corrected chi connectivity index (χ2v) is 4.37. The number of rotatable bonds is 9. The zero-order chi connectivity index (χ0) is 15.3. The van der Waals surface area contributed by atoms with E-state index in [2.05, 4.69) is 11.8 Å². The van der Waals surface area contributed by atoms with Crippen LogP contribution in [0.2, 0.25) is 0 Å². The van der Waals surface area contributed by atoms with Crippen LogP contribution in [0.15, 0.2) is 18.2 Å². The summed E-state index contributed by atoms with van der Waals surface area (Å²) in [5.74, 6) is 5.18. The van der Waals surface area contributed by atoms with E-state index in [9.17, 15) is 4.39 Å². The number of benzene rings is 1. The van der Waals surface area contributed by atoms with Gasteiger partial charge in [-0.25, -0.2) is 4.39 Å². The molecule has 0 heterocycles. The molecule has 0 unspecified atom stereocenters. The van der Waals surface area contributed by atoms with Gasteiger partial charge in [0.2, 0.25) is 0 Å². The van der Waals surface area contributed by atoms with Gasteiger partial charge in [-0.2, -0.15) is 0 Å². The van der Waals surface area contributed by atoms with E-state index in [1.54, 1.807) is 13.2 Å². The average Bonchev–Trinajstić information content (AvgIpc) is 2.47. The van der Waals surface area contributed by atoms with Crippen LogP contribution in [0.4, 0.5) is 4.39 Å². The molecule has 0 spiro atoms. The summed E-state index contributed by atoms with van der Waals surface area (Å²) in [5, 5.41) is 0. The van der Waals surface area contributed by atoms with Crippen molar-refractivity contribution in [3.8, 4) is 11.8 Å². The third-order valence-corrected chi connectivity index (χ3v) is 2.57. The van der Waals surface area contributed by atoms with Gasteiger partial charge in [0.25, 0.3) is 0 Å². The highest BCUT2D eigenvalue weighted by Gasteiger charge is 2.00. The maximum Gasteiger partial charge on any atom is 0.124 e. The summed E-state index contributed by atoms with van der Waals surface area (Å²) in [7, 11) is 1.66. The Bertz CT molecular complexity index is 468. The summed E-state index contributed by atoms with van der Waals surface area (Å²) < 4.78 is 29.1. The molecule has 0 saturated carbocycles. The van der Waals surface area contributed by atoms with E-state index >= 15 is 0 Å². The van der Waals surface area contributed by atoms with E-state index in [4.69, 9.17) is 19.9 Å². The van der Waals surface area contributed by atoms with Gasteiger partial charge in [0.05, 0.1) is 26.4 Å². The number of hydrogen-bond acceptors (Lipinski definition) is 4. The molecule has 1 aromatic carbocycles. The Hall–Kier alpha value is -1.45. The molecule has 2 N–H and O–H groups in total. The molecule has 0 aliphatic carbocycles. The molecule has 0 aromatic heterocycles. The number of hydrogen-bond donors (Lipinski definition) is 1. The van der Waals surface area contributed by atoms with Gasteiger partial charge in [0, 0.05) is 25.9 Å². The van der Waals surface area contributed by atoms with Crippen LogP contribution in [0, 0.1) is 17.7 Å². The first-order chi connectivity index (χ1) is 10.3. The molecule has 5 heteroatoms. The van der Waals surface area contributed by atoms with Crippen molar-refractivity contribution in [1.29, 1.82) is 0 Å². The Morgan fingerprint density at radius 1 is 1.10 bits per heavy atom. The highest BCUT2D eigenvalue weighted by atomic mass is 19.1. The molecule has 1 aromatic rings. The van der Waals surface area contributed by atoms with Crippen LogP contribution < -0.4 is 5.73 Å². The Kier molecular flexibility index (Phi) is 9.42. The molecular weight excluding hydrogens is 273 g/mol. The summed E-state index contributed by atoms with van der Waals surface area (Å²) in [5.41, 5.74) is 6.65. The van der Waals surface area contributed by atoms with E-state index in [0.29, 0.717) is 38.6 Å². The highest BCUT2D eigenvalue weighted by molar-refractivity contribution is 5.37. The fraction of sp³-hybridized carbons (Fsp3) is 0.500. The van der Waals surface area contributed by atoms with Gasteiger partial charge in [-0.05, 0) is 30.2 Å². The molecule has 0 fully saturated rings. The van der Waals surface area contributed by atoms with Crippen molar-refractivity contribution >= 4 is 0 Å². The fourth-order valence-corrected chi connectivity index (χ4v) is 1.67. The summed E-state index contributed by atoms with van der Waals surface area (Å²) in [6.45, 7) is 2.90. The molecular formula is C16H22FNO3. The lowest BCUT2D eigenvalue weighted by atomic mass is 10.1. The summed E-state index contributed by atoms with van der Waals surface area (Å²) in [6, 6.07) is 4.61.